The number of ketones is 1. The Bertz CT molecular complexity index is 501. The maximum Gasteiger partial charge on any atom is 0.261 e. The Hall–Kier alpha value is -1.75. The molecule has 96 valence electrons. The number of furan rings is 1. The number of fused-ring (bicyclic) bond motifs is 1. The number of Topliss-reactive ketones (excluding diaryl/α,β-unsaturated/α-hetero) is 1. The maximum atomic E-state index is 11.8. The molecule has 2 aromatic rings. The normalized spacial score (nSPS) is 11.3. The van der Waals surface area contributed by atoms with Gasteiger partial charge < -0.3 is 9.15 Å². The number of halogens is 2. The Labute approximate surface area is 102 Å². The van der Waals surface area contributed by atoms with Gasteiger partial charge in [0.2, 0.25) is 0 Å². The molecule has 5 heteroatoms. The van der Waals surface area contributed by atoms with E-state index in [1.807, 2.05) is 18.2 Å². The molecule has 2 rings (SSSR count). The quantitative estimate of drug-likeness (QED) is 0.586. The number of benzene rings is 1. The van der Waals surface area contributed by atoms with Gasteiger partial charge in [-0.1, -0.05) is 18.2 Å². The van der Waals surface area contributed by atoms with Crippen LogP contribution in [0.25, 0.3) is 11.0 Å². The third-order valence-corrected chi connectivity index (χ3v) is 2.42. The first-order chi connectivity index (χ1) is 8.66. The number of hydrogen-bond acceptors (Lipinski definition) is 3. The lowest BCUT2D eigenvalue weighted by Gasteiger charge is -2.01. The molecule has 1 aromatic carbocycles. The van der Waals surface area contributed by atoms with Crippen LogP contribution in [0.4, 0.5) is 8.78 Å². The summed E-state index contributed by atoms with van der Waals surface area (Å²) in [5.74, 6) is -0.0164. The fourth-order valence-corrected chi connectivity index (χ4v) is 1.58. The van der Waals surface area contributed by atoms with Crippen LogP contribution in [0.5, 0.6) is 0 Å². The van der Waals surface area contributed by atoms with Crippen molar-refractivity contribution < 1.29 is 22.7 Å². The molecule has 0 atom stereocenters. The second-order valence-corrected chi connectivity index (χ2v) is 3.79. The smallest absolute Gasteiger partial charge is 0.261 e. The van der Waals surface area contributed by atoms with E-state index in [1.54, 1.807) is 12.1 Å². The molecule has 0 saturated heterocycles. The van der Waals surface area contributed by atoms with Crippen LogP contribution >= 0.6 is 0 Å². The van der Waals surface area contributed by atoms with E-state index in [2.05, 4.69) is 4.74 Å². The van der Waals surface area contributed by atoms with Crippen molar-refractivity contribution in [3.05, 3.63) is 36.1 Å². The molecule has 1 heterocycles. The molecule has 0 aliphatic rings. The van der Waals surface area contributed by atoms with E-state index in [0.29, 0.717) is 5.58 Å². The number of carbonyl (C=O) groups excluding carboxylic acids is 1. The van der Waals surface area contributed by atoms with Gasteiger partial charge in [0.05, 0.1) is 6.61 Å². The van der Waals surface area contributed by atoms with Gasteiger partial charge in [-0.15, -0.1) is 0 Å². The molecule has 0 fully saturated rings. The summed E-state index contributed by atoms with van der Waals surface area (Å²) in [6.45, 7) is -0.673. The van der Waals surface area contributed by atoms with Gasteiger partial charge in [-0.25, -0.2) is 8.78 Å². The lowest BCUT2D eigenvalue weighted by atomic mass is 10.2. The molecule has 0 aliphatic heterocycles. The van der Waals surface area contributed by atoms with Gasteiger partial charge in [0.15, 0.2) is 11.5 Å². The molecular weight excluding hydrogens is 242 g/mol. The standard InChI is InChI=1S/C13H12F2O3/c14-13(15)8-17-6-5-10(16)12-7-9-3-1-2-4-11(9)18-12/h1-4,7,13H,5-6,8H2. The Kier molecular flexibility index (Phi) is 4.04. The molecular formula is C13H12F2O3. The van der Waals surface area contributed by atoms with E-state index in [4.69, 9.17) is 4.42 Å². The maximum absolute atomic E-state index is 11.8. The van der Waals surface area contributed by atoms with Gasteiger partial charge >= 0.3 is 0 Å². The zero-order valence-electron chi connectivity index (χ0n) is 9.57. The third kappa shape index (κ3) is 3.13. The van der Waals surface area contributed by atoms with E-state index >= 15 is 0 Å². The summed E-state index contributed by atoms with van der Waals surface area (Å²) in [7, 11) is 0. The summed E-state index contributed by atoms with van der Waals surface area (Å²) in [6, 6.07) is 8.90. The van der Waals surface area contributed by atoms with Crippen molar-refractivity contribution in [1.29, 1.82) is 0 Å². The van der Waals surface area contributed by atoms with Crippen LogP contribution in [0.2, 0.25) is 0 Å². The van der Waals surface area contributed by atoms with E-state index < -0.39 is 13.0 Å². The molecule has 3 nitrogen and oxygen atoms in total. The van der Waals surface area contributed by atoms with Gasteiger partial charge in [-0.3, -0.25) is 4.79 Å². The number of hydrogen-bond donors (Lipinski definition) is 0. The average Bonchev–Trinajstić information content (AvgIpc) is 2.78. The summed E-state index contributed by atoms with van der Waals surface area (Å²) < 4.78 is 33.6. The molecule has 0 N–H and O–H groups in total. The van der Waals surface area contributed by atoms with Crippen LogP contribution in [0.1, 0.15) is 17.0 Å². The van der Waals surface area contributed by atoms with E-state index in [1.165, 1.54) is 0 Å². The largest absolute Gasteiger partial charge is 0.453 e. The first kappa shape index (κ1) is 12.7. The second kappa shape index (κ2) is 5.73. The van der Waals surface area contributed by atoms with Crippen molar-refractivity contribution in [1.82, 2.24) is 0 Å². The second-order valence-electron chi connectivity index (χ2n) is 3.79. The van der Waals surface area contributed by atoms with Gasteiger partial charge in [-0.2, -0.15) is 0 Å². The molecule has 0 amide bonds. The fraction of sp³-hybridized carbons (Fsp3) is 0.308. The SMILES string of the molecule is O=C(CCOCC(F)F)c1cc2ccccc2o1. The van der Waals surface area contributed by atoms with Gasteiger partial charge in [0.25, 0.3) is 6.43 Å². The predicted molar refractivity (Wildman–Crippen MR) is 62.0 cm³/mol. The van der Waals surface area contributed by atoms with Crippen LogP contribution in [0, 0.1) is 0 Å². The summed E-state index contributed by atoms with van der Waals surface area (Å²) >= 11 is 0. The van der Waals surface area contributed by atoms with Crippen LogP contribution in [0.15, 0.2) is 34.7 Å². The number of alkyl halides is 2. The average molecular weight is 254 g/mol. The summed E-state index contributed by atoms with van der Waals surface area (Å²) in [5.41, 5.74) is 0.634. The molecule has 1 aromatic heterocycles. The van der Waals surface area contributed by atoms with Crippen LogP contribution in [0.3, 0.4) is 0 Å². The lowest BCUT2D eigenvalue weighted by molar-refractivity contribution is 0.0167. The first-order valence-corrected chi connectivity index (χ1v) is 5.54. The molecule has 0 bridgehead atoms. The van der Waals surface area contributed by atoms with E-state index in [9.17, 15) is 13.6 Å². The van der Waals surface area contributed by atoms with E-state index in [-0.39, 0.29) is 24.6 Å². The minimum atomic E-state index is -2.51. The monoisotopic (exact) mass is 254 g/mol. The van der Waals surface area contributed by atoms with Crippen molar-refractivity contribution >= 4 is 16.8 Å². The van der Waals surface area contributed by atoms with Crippen molar-refractivity contribution in [2.75, 3.05) is 13.2 Å². The molecule has 0 saturated carbocycles. The van der Waals surface area contributed by atoms with Crippen molar-refractivity contribution in [3.8, 4) is 0 Å². The Morgan fingerprint density at radius 1 is 1.33 bits per heavy atom. The van der Waals surface area contributed by atoms with Crippen LogP contribution in [-0.4, -0.2) is 25.4 Å². The van der Waals surface area contributed by atoms with Crippen molar-refractivity contribution in [2.24, 2.45) is 0 Å². The Balaban J connectivity index is 1.92. The number of carbonyl (C=O) groups is 1. The molecule has 0 aliphatic carbocycles. The summed E-state index contributed by atoms with van der Waals surface area (Å²) in [5, 5.41) is 0.842. The van der Waals surface area contributed by atoms with Crippen molar-refractivity contribution in [2.45, 2.75) is 12.8 Å². The first-order valence-electron chi connectivity index (χ1n) is 5.54. The molecule has 0 spiro atoms. The van der Waals surface area contributed by atoms with Gasteiger partial charge in [0.1, 0.15) is 12.2 Å². The van der Waals surface area contributed by atoms with Crippen LogP contribution in [-0.2, 0) is 4.74 Å². The molecule has 0 radical (unpaired) electrons. The zero-order chi connectivity index (χ0) is 13.0. The molecule has 18 heavy (non-hydrogen) atoms. The third-order valence-electron chi connectivity index (χ3n) is 2.42. The zero-order valence-corrected chi connectivity index (χ0v) is 9.57. The topological polar surface area (TPSA) is 39.4 Å². The lowest BCUT2D eigenvalue weighted by Crippen LogP contribution is -2.09. The minimum Gasteiger partial charge on any atom is -0.453 e. The highest BCUT2D eigenvalue weighted by molar-refractivity contribution is 5.97. The molecule has 0 unspecified atom stereocenters. The Morgan fingerprint density at radius 2 is 2.11 bits per heavy atom. The highest BCUT2D eigenvalue weighted by Gasteiger charge is 2.12. The van der Waals surface area contributed by atoms with Gasteiger partial charge in [-0.05, 0) is 12.1 Å². The number of ether oxygens (including phenoxy) is 1. The van der Waals surface area contributed by atoms with Crippen LogP contribution < -0.4 is 0 Å². The highest BCUT2D eigenvalue weighted by atomic mass is 19.3. The van der Waals surface area contributed by atoms with Crippen molar-refractivity contribution in [3.63, 3.8) is 0 Å². The summed E-state index contributed by atoms with van der Waals surface area (Å²) in [6.07, 6.45) is -2.47. The number of rotatable bonds is 6. The Morgan fingerprint density at radius 3 is 2.83 bits per heavy atom. The number of para-hydroxylation sites is 1. The minimum absolute atomic E-state index is 0.0276. The van der Waals surface area contributed by atoms with Gasteiger partial charge in [0, 0.05) is 11.8 Å². The summed E-state index contributed by atoms with van der Waals surface area (Å²) in [4.78, 5) is 11.7. The predicted octanol–water partition coefficient (Wildman–Crippen LogP) is 3.29. The van der Waals surface area contributed by atoms with E-state index in [0.717, 1.165) is 5.39 Å². The fourth-order valence-electron chi connectivity index (χ4n) is 1.58. The highest BCUT2D eigenvalue weighted by Crippen LogP contribution is 2.19.